The predicted molar refractivity (Wildman–Crippen MR) is 183 cm³/mol. The van der Waals surface area contributed by atoms with E-state index >= 15 is 0 Å². The second-order valence-corrected chi connectivity index (χ2v) is 13.1. The van der Waals surface area contributed by atoms with Crippen LogP contribution < -0.4 is 0 Å². The summed E-state index contributed by atoms with van der Waals surface area (Å²) in [4.78, 5) is 37.0. The van der Waals surface area contributed by atoms with Crippen molar-refractivity contribution in [3.05, 3.63) is 0 Å². The zero-order valence-corrected chi connectivity index (χ0v) is 29.6. The fraction of sp³-hybridized carbons (Fsp3) is 0.921. The molecule has 0 rings (SSSR count). The van der Waals surface area contributed by atoms with E-state index in [0.29, 0.717) is 19.3 Å². The lowest BCUT2D eigenvalue weighted by Gasteiger charge is -2.18. The lowest BCUT2D eigenvalue weighted by molar-refractivity contribution is -0.167. The molecule has 0 radical (unpaired) electrons. The molecule has 0 amide bonds. The number of unbranched alkanes of at least 4 members (excludes halogenated alkanes) is 19. The van der Waals surface area contributed by atoms with Gasteiger partial charge in [-0.25, -0.2) is 0 Å². The van der Waals surface area contributed by atoms with E-state index in [4.69, 9.17) is 14.2 Å². The molecule has 0 saturated carbocycles. The highest BCUT2D eigenvalue weighted by Gasteiger charge is 2.19. The normalized spacial score (nSPS) is 12.5. The van der Waals surface area contributed by atoms with Gasteiger partial charge in [0, 0.05) is 19.3 Å². The molecule has 0 aromatic rings. The minimum Gasteiger partial charge on any atom is -0.462 e. The summed E-state index contributed by atoms with van der Waals surface area (Å²) in [7, 11) is 0. The average molecular weight is 625 g/mol. The second-order valence-electron chi connectivity index (χ2n) is 13.1. The number of esters is 3. The SMILES string of the molecule is CCCCCCCCCC(=O)OC[C@@H](COC(=O)CCCCCCCCCCCCC(C)CC)OC(=O)CCCCCCC. The first-order chi connectivity index (χ1) is 21.4. The van der Waals surface area contributed by atoms with E-state index in [1.165, 1.54) is 89.9 Å². The summed E-state index contributed by atoms with van der Waals surface area (Å²) < 4.78 is 16.4. The van der Waals surface area contributed by atoms with Crippen LogP contribution in [0.3, 0.4) is 0 Å². The molecule has 0 aliphatic carbocycles. The molecule has 0 aliphatic heterocycles. The van der Waals surface area contributed by atoms with Crippen LogP contribution in [0.25, 0.3) is 0 Å². The maximum absolute atomic E-state index is 12.4. The number of carbonyl (C=O) groups is 3. The summed E-state index contributed by atoms with van der Waals surface area (Å²) in [5.41, 5.74) is 0. The quantitative estimate of drug-likeness (QED) is 0.0410. The number of hydrogen-bond acceptors (Lipinski definition) is 6. The monoisotopic (exact) mass is 625 g/mol. The van der Waals surface area contributed by atoms with E-state index < -0.39 is 6.10 Å². The number of carbonyl (C=O) groups excluding carboxylic acids is 3. The van der Waals surface area contributed by atoms with E-state index in [9.17, 15) is 14.4 Å². The number of ether oxygens (including phenoxy) is 3. The van der Waals surface area contributed by atoms with Gasteiger partial charge in [-0.3, -0.25) is 14.4 Å². The van der Waals surface area contributed by atoms with Gasteiger partial charge in [-0.05, 0) is 25.2 Å². The van der Waals surface area contributed by atoms with E-state index in [1.807, 2.05) is 0 Å². The number of hydrogen-bond donors (Lipinski definition) is 0. The van der Waals surface area contributed by atoms with Crippen LogP contribution in [0, 0.1) is 5.92 Å². The molecule has 0 aromatic heterocycles. The van der Waals surface area contributed by atoms with Gasteiger partial charge in [-0.1, -0.05) is 163 Å². The van der Waals surface area contributed by atoms with Crippen LogP contribution >= 0.6 is 0 Å². The number of rotatable bonds is 33. The summed E-state index contributed by atoms with van der Waals surface area (Å²) >= 11 is 0. The van der Waals surface area contributed by atoms with E-state index in [0.717, 1.165) is 70.1 Å². The highest BCUT2D eigenvalue weighted by Crippen LogP contribution is 2.16. The van der Waals surface area contributed by atoms with E-state index in [1.54, 1.807) is 0 Å². The van der Waals surface area contributed by atoms with Gasteiger partial charge >= 0.3 is 17.9 Å². The van der Waals surface area contributed by atoms with Crippen LogP contribution in [0.2, 0.25) is 0 Å². The zero-order chi connectivity index (χ0) is 32.5. The molecular weight excluding hydrogens is 552 g/mol. The molecule has 6 nitrogen and oxygen atoms in total. The largest absolute Gasteiger partial charge is 0.462 e. The summed E-state index contributed by atoms with van der Waals surface area (Å²) in [5.74, 6) is -0.0171. The molecule has 0 bridgehead atoms. The van der Waals surface area contributed by atoms with Crippen LogP contribution in [0.1, 0.15) is 201 Å². The second kappa shape index (κ2) is 32.8. The minimum atomic E-state index is -0.755. The summed E-state index contributed by atoms with van der Waals surface area (Å²) in [6.45, 7) is 8.86. The molecular formula is C38H72O6. The molecule has 0 aliphatic rings. The Balaban J connectivity index is 4.19. The van der Waals surface area contributed by atoms with Crippen LogP contribution in [0.15, 0.2) is 0 Å². The molecule has 2 atom stereocenters. The minimum absolute atomic E-state index is 0.0670. The van der Waals surface area contributed by atoms with Crippen molar-refractivity contribution in [2.24, 2.45) is 5.92 Å². The molecule has 260 valence electrons. The van der Waals surface area contributed by atoms with Gasteiger partial charge in [0.15, 0.2) is 6.10 Å². The Kier molecular flexibility index (Phi) is 31.6. The fourth-order valence-corrected chi connectivity index (χ4v) is 5.36. The van der Waals surface area contributed by atoms with Crippen LogP contribution in [-0.2, 0) is 28.6 Å². The molecule has 44 heavy (non-hydrogen) atoms. The van der Waals surface area contributed by atoms with Gasteiger partial charge in [-0.15, -0.1) is 0 Å². The lowest BCUT2D eigenvalue weighted by Crippen LogP contribution is -2.30. The highest BCUT2D eigenvalue weighted by molar-refractivity contribution is 5.71. The van der Waals surface area contributed by atoms with Crippen LogP contribution in [0.5, 0.6) is 0 Å². The molecule has 0 fully saturated rings. The van der Waals surface area contributed by atoms with Crippen molar-refractivity contribution >= 4 is 17.9 Å². The van der Waals surface area contributed by atoms with Crippen molar-refractivity contribution in [2.45, 2.75) is 207 Å². The molecule has 1 unspecified atom stereocenters. The van der Waals surface area contributed by atoms with Gasteiger partial charge in [-0.2, -0.15) is 0 Å². The van der Waals surface area contributed by atoms with Crippen molar-refractivity contribution < 1.29 is 28.6 Å². The first kappa shape index (κ1) is 42.4. The van der Waals surface area contributed by atoms with Gasteiger partial charge in [0.2, 0.25) is 0 Å². The summed E-state index contributed by atoms with van der Waals surface area (Å²) in [6.07, 6.45) is 28.3. The molecule has 0 N–H and O–H groups in total. The molecule has 6 heteroatoms. The maximum atomic E-state index is 12.4. The third-order valence-electron chi connectivity index (χ3n) is 8.65. The third-order valence-corrected chi connectivity index (χ3v) is 8.65. The van der Waals surface area contributed by atoms with Crippen molar-refractivity contribution in [1.29, 1.82) is 0 Å². The van der Waals surface area contributed by atoms with E-state index in [-0.39, 0.29) is 31.1 Å². The molecule has 0 aromatic carbocycles. The first-order valence-electron chi connectivity index (χ1n) is 18.9. The fourth-order valence-electron chi connectivity index (χ4n) is 5.36. The van der Waals surface area contributed by atoms with Crippen LogP contribution in [-0.4, -0.2) is 37.2 Å². The van der Waals surface area contributed by atoms with Crippen LogP contribution in [0.4, 0.5) is 0 Å². The van der Waals surface area contributed by atoms with Gasteiger partial charge in [0.25, 0.3) is 0 Å². The average Bonchev–Trinajstić information content (AvgIpc) is 3.02. The topological polar surface area (TPSA) is 78.9 Å². The Labute approximate surface area is 272 Å². The maximum Gasteiger partial charge on any atom is 0.306 e. The van der Waals surface area contributed by atoms with Gasteiger partial charge < -0.3 is 14.2 Å². The van der Waals surface area contributed by atoms with Crippen molar-refractivity contribution in [3.63, 3.8) is 0 Å². The Morgan fingerprint density at radius 3 is 1.18 bits per heavy atom. The molecule has 0 heterocycles. The zero-order valence-electron chi connectivity index (χ0n) is 29.6. The Morgan fingerprint density at radius 2 is 0.795 bits per heavy atom. The lowest BCUT2D eigenvalue weighted by atomic mass is 9.99. The predicted octanol–water partition coefficient (Wildman–Crippen LogP) is 11.2. The first-order valence-corrected chi connectivity index (χ1v) is 18.9. The standard InChI is InChI=1S/C38H72O6/c1-5-8-10-12-17-22-25-29-36(39)42-32-35(44-38(41)31-27-20-11-9-6-2)33-43-37(40)30-26-23-19-16-14-13-15-18-21-24-28-34(4)7-3/h34-35H,5-33H2,1-4H3/t34?,35-/m0/s1. The van der Waals surface area contributed by atoms with Gasteiger partial charge in [0.1, 0.15) is 13.2 Å². The highest BCUT2D eigenvalue weighted by atomic mass is 16.6. The van der Waals surface area contributed by atoms with Crippen molar-refractivity contribution in [1.82, 2.24) is 0 Å². The van der Waals surface area contributed by atoms with E-state index in [2.05, 4.69) is 27.7 Å². The third kappa shape index (κ3) is 30.4. The van der Waals surface area contributed by atoms with Gasteiger partial charge in [0.05, 0.1) is 0 Å². The summed E-state index contributed by atoms with van der Waals surface area (Å²) in [6, 6.07) is 0. The molecule has 0 saturated heterocycles. The van der Waals surface area contributed by atoms with Crippen molar-refractivity contribution in [2.75, 3.05) is 13.2 Å². The Bertz CT molecular complexity index is 664. The Morgan fingerprint density at radius 1 is 0.455 bits per heavy atom. The Hall–Kier alpha value is -1.59. The molecule has 0 spiro atoms. The van der Waals surface area contributed by atoms with Crippen molar-refractivity contribution in [3.8, 4) is 0 Å². The summed E-state index contributed by atoms with van der Waals surface area (Å²) in [5, 5.41) is 0. The smallest absolute Gasteiger partial charge is 0.306 e.